The van der Waals surface area contributed by atoms with Gasteiger partial charge in [-0.15, -0.1) is 0 Å². The van der Waals surface area contributed by atoms with Crippen molar-refractivity contribution >= 4 is 0 Å². The zero-order valence-electron chi connectivity index (χ0n) is 11.1. The van der Waals surface area contributed by atoms with Gasteiger partial charge in [0.05, 0.1) is 5.60 Å². The molecular weight excluding hydrogens is 246 g/mol. The second-order valence-corrected chi connectivity index (χ2v) is 6.36. The number of rotatable bonds is 1. The molecule has 1 aromatic rings. The Labute approximate surface area is 112 Å². The van der Waals surface area contributed by atoms with E-state index in [0.29, 0.717) is 18.3 Å². The first-order valence-corrected chi connectivity index (χ1v) is 7.21. The highest BCUT2D eigenvalue weighted by Gasteiger charge is 2.44. The molecule has 0 aromatic heterocycles. The third kappa shape index (κ3) is 2.29. The molecule has 0 heterocycles. The van der Waals surface area contributed by atoms with Crippen LogP contribution in [0.4, 0.5) is 8.78 Å². The summed E-state index contributed by atoms with van der Waals surface area (Å²) in [7, 11) is 0. The predicted octanol–water partition coefficient (Wildman–Crippen LogP) is 4.29. The van der Waals surface area contributed by atoms with Crippen LogP contribution in [0, 0.1) is 17.0 Å². The van der Waals surface area contributed by atoms with E-state index in [9.17, 15) is 13.9 Å². The molecule has 2 fully saturated rings. The van der Waals surface area contributed by atoms with Gasteiger partial charge >= 0.3 is 0 Å². The Morgan fingerprint density at radius 2 is 1.53 bits per heavy atom. The van der Waals surface area contributed by atoms with Crippen LogP contribution >= 0.6 is 0 Å². The summed E-state index contributed by atoms with van der Waals surface area (Å²) in [6.07, 6.45) is 8.16. The standard InChI is InChI=1S/C16H20F2O/c17-12-3-4-13(14(18)11-12)16(19)9-7-15(8-10-16)5-1-2-6-15/h3-4,11,19H,1-2,5-10H2. The number of aliphatic hydroxyl groups is 1. The van der Waals surface area contributed by atoms with Crippen LogP contribution in [0.15, 0.2) is 18.2 Å². The van der Waals surface area contributed by atoms with Crippen molar-refractivity contribution in [1.29, 1.82) is 0 Å². The maximum Gasteiger partial charge on any atom is 0.132 e. The third-order valence-electron chi connectivity index (χ3n) is 5.23. The SMILES string of the molecule is OC1(c2ccc(F)cc2F)CCC2(CCCC2)CC1. The summed E-state index contributed by atoms with van der Waals surface area (Å²) in [6, 6.07) is 3.50. The van der Waals surface area contributed by atoms with Crippen LogP contribution in [-0.4, -0.2) is 5.11 Å². The number of hydrogen-bond donors (Lipinski definition) is 1. The van der Waals surface area contributed by atoms with Crippen molar-refractivity contribution in [3.63, 3.8) is 0 Å². The average Bonchev–Trinajstić information content (AvgIpc) is 2.82. The van der Waals surface area contributed by atoms with Gasteiger partial charge in [-0.25, -0.2) is 8.78 Å². The molecule has 0 bridgehead atoms. The van der Waals surface area contributed by atoms with Gasteiger partial charge in [0, 0.05) is 11.6 Å². The van der Waals surface area contributed by atoms with E-state index in [1.165, 1.54) is 37.8 Å². The lowest BCUT2D eigenvalue weighted by Crippen LogP contribution is -2.36. The van der Waals surface area contributed by atoms with E-state index < -0.39 is 17.2 Å². The second kappa shape index (κ2) is 4.55. The molecule has 19 heavy (non-hydrogen) atoms. The highest BCUT2D eigenvalue weighted by Crippen LogP contribution is 2.53. The van der Waals surface area contributed by atoms with Gasteiger partial charge in [0.15, 0.2) is 0 Å². The van der Waals surface area contributed by atoms with Crippen LogP contribution in [0.1, 0.15) is 56.9 Å². The second-order valence-electron chi connectivity index (χ2n) is 6.36. The largest absolute Gasteiger partial charge is 0.385 e. The van der Waals surface area contributed by atoms with E-state index in [2.05, 4.69) is 0 Å². The molecule has 1 nitrogen and oxygen atoms in total. The Hall–Kier alpha value is -0.960. The maximum atomic E-state index is 13.8. The molecule has 1 N–H and O–H groups in total. The highest BCUT2D eigenvalue weighted by atomic mass is 19.1. The highest BCUT2D eigenvalue weighted by molar-refractivity contribution is 5.26. The van der Waals surface area contributed by atoms with Crippen molar-refractivity contribution in [3.8, 4) is 0 Å². The smallest absolute Gasteiger partial charge is 0.132 e. The number of benzene rings is 1. The molecule has 2 aliphatic rings. The van der Waals surface area contributed by atoms with Gasteiger partial charge in [0.25, 0.3) is 0 Å². The first-order chi connectivity index (χ1) is 9.03. The van der Waals surface area contributed by atoms with Crippen molar-refractivity contribution in [1.82, 2.24) is 0 Å². The van der Waals surface area contributed by atoms with Crippen LogP contribution in [-0.2, 0) is 5.60 Å². The molecule has 0 aliphatic heterocycles. The molecule has 0 amide bonds. The van der Waals surface area contributed by atoms with E-state index in [1.54, 1.807) is 0 Å². The van der Waals surface area contributed by atoms with E-state index >= 15 is 0 Å². The lowest BCUT2D eigenvalue weighted by atomic mass is 9.66. The first kappa shape index (κ1) is 13.0. The molecule has 104 valence electrons. The summed E-state index contributed by atoms with van der Waals surface area (Å²) in [5, 5.41) is 10.7. The molecule has 1 aromatic carbocycles. The fourth-order valence-corrected chi connectivity index (χ4v) is 3.96. The van der Waals surface area contributed by atoms with Crippen molar-refractivity contribution in [2.45, 2.75) is 57.0 Å². The quantitative estimate of drug-likeness (QED) is 0.804. The zero-order valence-corrected chi connectivity index (χ0v) is 11.1. The molecule has 3 rings (SSSR count). The molecular formula is C16H20F2O. The molecule has 0 atom stereocenters. The number of halogens is 2. The van der Waals surface area contributed by atoms with Gasteiger partial charge in [-0.05, 0) is 50.0 Å². The van der Waals surface area contributed by atoms with Crippen molar-refractivity contribution in [2.24, 2.45) is 5.41 Å². The minimum Gasteiger partial charge on any atom is -0.385 e. The molecule has 1 spiro atoms. The summed E-state index contributed by atoms with van der Waals surface area (Å²) in [5.74, 6) is -1.21. The van der Waals surface area contributed by atoms with Crippen molar-refractivity contribution in [3.05, 3.63) is 35.4 Å². The van der Waals surface area contributed by atoms with E-state index in [-0.39, 0.29) is 5.56 Å². The molecule has 3 heteroatoms. The summed E-state index contributed by atoms with van der Waals surface area (Å²) in [5.41, 5.74) is -0.448. The van der Waals surface area contributed by atoms with Crippen LogP contribution in [0.5, 0.6) is 0 Å². The monoisotopic (exact) mass is 266 g/mol. The van der Waals surface area contributed by atoms with Crippen LogP contribution in [0.2, 0.25) is 0 Å². The average molecular weight is 266 g/mol. The topological polar surface area (TPSA) is 20.2 Å². The lowest BCUT2D eigenvalue weighted by Gasteiger charge is -2.42. The van der Waals surface area contributed by atoms with Gasteiger partial charge in [-0.2, -0.15) is 0 Å². The molecule has 0 unspecified atom stereocenters. The van der Waals surface area contributed by atoms with Gasteiger partial charge in [-0.1, -0.05) is 18.9 Å². The summed E-state index contributed by atoms with van der Waals surface area (Å²) in [6.45, 7) is 0. The van der Waals surface area contributed by atoms with Crippen molar-refractivity contribution < 1.29 is 13.9 Å². The van der Waals surface area contributed by atoms with Crippen LogP contribution in [0.3, 0.4) is 0 Å². The number of hydrogen-bond acceptors (Lipinski definition) is 1. The molecule has 0 saturated heterocycles. The predicted molar refractivity (Wildman–Crippen MR) is 69.6 cm³/mol. The van der Waals surface area contributed by atoms with Gasteiger partial charge in [0.2, 0.25) is 0 Å². The summed E-state index contributed by atoms with van der Waals surface area (Å²) < 4.78 is 26.8. The van der Waals surface area contributed by atoms with Crippen molar-refractivity contribution in [2.75, 3.05) is 0 Å². The molecule has 0 radical (unpaired) electrons. The fraction of sp³-hybridized carbons (Fsp3) is 0.625. The minimum atomic E-state index is -1.11. The molecule has 2 saturated carbocycles. The van der Waals surface area contributed by atoms with E-state index in [0.717, 1.165) is 18.9 Å². The summed E-state index contributed by atoms with van der Waals surface area (Å²) >= 11 is 0. The Morgan fingerprint density at radius 3 is 2.11 bits per heavy atom. The fourth-order valence-electron chi connectivity index (χ4n) is 3.96. The lowest BCUT2D eigenvalue weighted by molar-refractivity contribution is -0.0401. The van der Waals surface area contributed by atoms with Crippen LogP contribution < -0.4 is 0 Å². The Balaban J connectivity index is 1.81. The Kier molecular flexibility index (Phi) is 3.12. The Morgan fingerprint density at radius 1 is 0.895 bits per heavy atom. The maximum absolute atomic E-state index is 13.8. The third-order valence-corrected chi connectivity index (χ3v) is 5.23. The van der Waals surface area contributed by atoms with E-state index in [1.807, 2.05) is 0 Å². The van der Waals surface area contributed by atoms with Gasteiger partial charge in [0.1, 0.15) is 11.6 Å². The normalized spacial score (nSPS) is 24.8. The van der Waals surface area contributed by atoms with E-state index in [4.69, 9.17) is 0 Å². The Bertz CT molecular complexity index is 468. The van der Waals surface area contributed by atoms with Gasteiger partial charge in [-0.3, -0.25) is 0 Å². The zero-order chi connectivity index (χ0) is 13.5. The van der Waals surface area contributed by atoms with Gasteiger partial charge < -0.3 is 5.11 Å². The van der Waals surface area contributed by atoms with Crippen LogP contribution in [0.25, 0.3) is 0 Å². The molecule has 2 aliphatic carbocycles. The minimum absolute atomic E-state index is 0.266. The summed E-state index contributed by atoms with van der Waals surface area (Å²) in [4.78, 5) is 0. The first-order valence-electron chi connectivity index (χ1n) is 7.21.